The third-order valence-electron chi connectivity index (χ3n) is 5.82. The normalized spacial score (nSPS) is 13.7. The molecule has 0 bridgehead atoms. The van der Waals surface area contributed by atoms with E-state index in [1.165, 1.54) is 12.4 Å². The molecule has 11 heteroatoms. The lowest BCUT2D eigenvalue weighted by Crippen LogP contribution is -2.46. The highest BCUT2D eigenvalue weighted by atomic mass is 79.9. The Balaban J connectivity index is 1.62. The van der Waals surface area contributed by atoms with E-state index in [4.69, 9.17) is 4.74 Å². The van der Waals surface area contributed by atoms with E-state index in [-0.39, 0.29) is 5.91 Å². The number of aromatic nitrogens is 3. The third kappa shape index (κ3) is 6.29. The fourth-order valence-corrected chi connectivity index (χ4v) is 4.32. The zero-order valence-corrected chi connectivity index (χ0v) is 21.9. The van der Waals surface area contributed by atoms with E-state index in [9.17, 15) is 4.79 Å². The van der Waals surface area contributed by atoms with Gasteiger partial charge in [0, 0.05) is 42.4 Å². The monoisotopic (exact) mass is 552 g/mol. The molecule has 0 saturated carbocycles. The number of nitrogens with one attached hydrogen (secondary N) is 3. The van der Waals surface area contributed by atoms with Gasteiger partial charge in [0.2, 0.25) is 17.8 Å². The molecule has 10 nitrogen and oxygen atoms in total. The summed E-state index contributed by atoms with van der Waals surface area (Å²) in [5, 5.41) is 9.29. The summed E-state index contributed by atoms with van der Waals surface area (Å²) in [6.45, 7) is 10.4. The van der Waals surface area contributed by atoms with Crippen LogP contribution in [0, 0.1) is 0 Å². The second kappa shape index (κ2) is 11.8. The molecular formula is C25H29BrN8O2. The van der Waals surface area contributed by atoms with E-state index in [0.29, 0.717) is 29.0 Å². The van der Waals surface area contributed by atoms with Crippen molar-refractivity contribution >= 4 is 56.5 Å². The number of carbonyl (C=O) groups is 1. The highest BCUT2D eigenvalue weighted by Crippen LogP contribution is 2.38. The van der Waals surface area contributed by atoms with Crippen LogP contribution in [0.2, 0.25) is 0 Å². The number of rotatable bonds is 9. The lowest BCUT2D eigenvalue weighted by Gasteiger charge is -2.36. The minimum Gasteiger partial charge on any atom is -0.494 e. The number of hydrogen-bond acceptors (Lipinski definition) is 9. The van der Waals surface area contributed by atoms with E-state index >= 15 is 0 Å². The Morgan fingerprint density at radius 2 is 1.86 bits per heavy atom. The van der Waals surface area contributed by atoms with Crippen LogP contribution in [0.25, 0.3) is 0 Å². The molecule has 1 aliphatic rings. The van der Waals surface area contributed by atoms with Crippen LogP contribution in [0.1, 0.15) is 6.92 Å². The zero-order chi connectivity index (χ0) is 25.5. The number of piperazine rings is 1. The highest BCUT2D eigenvalue weighted by Gasteiger charge is 2.22. The van der Waals surface area contributed by atoms with Gasteiger partial charge in [-0.25, -0.2) is 9.97 Å². The Bertz CT molecular complexity index is 1230. The Hall–Kier alpha value is -3.70. The Morgan fingerprint density at radius 3 is 2.53 bits per heavy atom. The number of benzene rings is 2. The molecule has 3 aromatic rings. The first-order chi connectivity index (χ1) is 17.5. The molecule has 0 unspecified atom stereocenters. The van der Waals surface area contributed by atoms with E-state index < -0.39 is 0 Å². The predicted molar refractivity (Wildman–Crippen MR) is 147 cm³/mol. The predicted octanol–water partition coefficient (Wildman–Crippen LogP) is 4.40. The second-order valence-corrected chi connectivity index (χ2v) is 8.99. The molecule has 1 amide bonds. The maximum atomic E-state index is 12.2. The van der Waals surface area contributed by atoms with Gasteiger partial charge in [-0.1, -0.05) is 35.5 Å². The number of anilines is 6. The van der Waals surface area contributed by atoms with Gasteiger partial charge >= 0.3 is 0 Å². The molecular weight excluding hydrogens is 524 g/mol. The molecule has 36 heavy (non-hydrogen) atoms. The number of hydrogen-bond donors (Lipinski definition) is 3. The molecule has 0 spiro atoms. The molecule has 2 heterocycles. The van der Waals surface area contributed by atoms with Gasteiger partial charge in [0.25, 0.3) is 0 Å². The average Bonchev–Trinajstić information content (AvgIpc) is 2.89. The number of carbonyl (C=O) groups excluding carboxylic acids is 1. The van der Waals surface area contributed by atoms with Crippen LogP contribution in [0.5, 0.6) is 5.75 Å². The van der Waals surface area contributed by atoms with E-state index in [0.717, 1.165) is 48.6 Å². The number of nitrogens with zero attached hydrogens (tertiary/aromatic N) is 5. The molecule has 1 aromatic heterocycles. The summed E-state index contributed by atoms with van der Waals surface area (Å²) in [6.07, 6.45) is 2.67. The maximum absolute atomic E-state index is 12.2. The van der Waals surface area contributed by atoms with Crippen molar-refractivity contribution in [1.29, 1.82) is 0 Å². The minimum atomic E-state index is -0.291. The van der Waals surface area contributed by atoms with Crippen LogP contribution in [0.3, 0.4) is 0 Å². The highest BCUT2D eigenvalue weighted by molar-refractivity contribution is 9.10. The van der Waals surface area contributed by atoms with Crippen molar-refractivity contribution in [1.82, 2.24) is 19.9 Å². The number of likely N-dealkylation sites (N-methyl/N-ethyl adjacent to an activating group) is 1. The Labute approximate surface area is 218 Å². The van der Waals surface area contributed by atoms with E-state index in [2.05, 4.69) is 70.1 Å². The summed E-state index contributed by atoms with van der Waals surface area (Å²) in [4.78, 5) is 29.8. The van der Waals surface area contributed by atoms with Crippen LogP contribution in [0.4, 0.5) is 34.6 Å². The number of halogens is 1. The summed E-state index contributed by atoms with van der Waals surface area (Å²) >= 11 is 3.46. The zero-order valence-electron chi connectivity index (χ0n) is 20.3. The summed E-state index contributed by atoms with van der Waals surface area (Å²) in [7, 11) is 1.61. The van der Waals surface area contributed by atoms with Crippen molar-refractivity contribution in [2.75, 3.05) is 60.7 Å². The standard InChI is InChI=1S/C25H29BrN8O2/c1-4-23(35)30-19-14-20(22(36-3)15-21(19)34-11-9-33(5-2)10-12-34)31-25-28-16-27-24(32-25)29-18-8-6-7-17(26)13-18/h4,6-8,13-16H,1,5,9-12H2,2-3H3,(H,30,35)(H2,27,28,29,31,32). The van der Waals surface area contributed by atoms with Gasteiger partial charge in [0.1, 0.15) is 12.1 Å². The lowest BCUT2D eigenvalue weighted by atomic mass is 10.1. The van der Waals surface area contributed by atoms with Gasteiger partial charge in [-0.15, -0.1) is 0 Å². The molecule has 0 aliphatic carbocycles. The number of ether oxygens (including phenoxy) is 1. The van der Waals surface area contributed by atoms with E-state index in [1.54, 1.807) is 7.11 Å². The van der Waals surface area contributed by atoms with Crippen LogP contribution < -0.4 is 25.6 Å². The van der Waals surface area contributed by atoms with Crippen molar-refractivity contribution < 1.29 is 9.53 Å². The largest absolute Gasteiger partial charge is 0.494 e. The third-order valence-corrected chi connectivity index (χ3v) is 6.31. The topological polar surface area (TPSA) is 108 Å². The van der Waals surface area contributed by atoms with Crippen molar-refractivity contribution in [2.45, 2.75) is 6.92 Å². The first kappa shape index (κ1) is 25.4. The van der Waals surface area contributed by atoms with Gasteiger partial charge in [0.15, 0.2) is 0 Å². The minimum absolute atomic E-state index is 0.291. The Kier molecular flexibility index (Phi) is 8.34. The van der Waals surface area contributed by atoms with Gasteiger partial charge in [-0.05, 0) is 36.9 Å². The molecule has 1 aliphatic heterocycles. The summed E-state index contributed by atoms with van der Waals surface area (Å²) < 4.78 is 6.63. The second-order valence-electron chi connectivity index (χ2n) is 8.08. The van der Waals surface area contributed by atoms with Crippen LogP contribution in [-0.4, -0.2) is 65.6 Å². The molecule has 1 saturated heterocycles. The number of methoxy groups -OCH3 is 1. The average molecular weight is 553 g/mol. The lowest BCUT2D eigenvalue weighted by molar-refractivity contribution is -0.111. The first-order valence-corrected chi connectivity index (χ1v) is 12.4. The quantitative estimate of drug-likeness (QED) is 0.333. The van der Waals surface area contributed by atoms with Gasteiger partial charge in [0.05, 0.1) is 24.2 Å². The summed E-state index contributed by atoms with van der Waals surface area (Å²) in [5.41, 5.74) is 2.97. The van der Waals surface area contributed by atoms with Crippen molar-refractivity contribution in [3.63, 3.8) is 0 Å². The van der Waals surface area contributed by atoms with E-state index in [1.807, 2.05) is 36.4 Å². The summed E-state index contributed by atoms with van der Waals surface area (Å²) in [5.74, 6) is 1.02. The summed E-state index contributed by atoms with van der Waals surface area (Å²) in [6, 6.07) is 11.4. The molecule has 3 N–H and O–H groups in total. The van der Waals surface area contributed by atoms with Crippen LogP contribution >= 0.6 is 15.9 Å². The SMILES string of the molecule is C=CC(=O)Nc1cc(Nc2ncnc(Nc3cccc(Br)c3)n2)c(OC)cc1N1CCN(CC)CC1. The fraction of sp³-hybridized carbons (Fsp3) is 0.280. The fourth-order valence-electron chi connectivity index (χ4n) is 3.92. The molecule has 0 radical (unpaired) electrons. The Morgan fingerprint density at radius 1 is 1.11 bits per heavy atom. The van der Waals surface area contributed by atoms with Crippen LogP contribution in [-0.2, 0) is 4.79 Å². The molecule has 1 fully saturated rings. The molecule has 2 aromatic carbocycles. The maximum Gasteiger partial charge on any atom is 0.247 e. The first-order valence-electron chi connectivity index (χ1n) is 11.6. The van der Waals surface area contributed by atoms with Crippen molar-refractivity contribution in [3.8, 4) is 5.75 Å². The molecule has 0 atom stereocenters. The smallest absolute Gasteiger partial charge is 0.247 e. The van der Waals surface area contributed by atoms with Gasteiger partial charge in [-0.3, -0.25) is 4.79 Å². The number of amides is 1. The van der Waals surface area contributed by atoms with Crippen molar-refractivity contribution in [2.24, 2.45) is 0 Å². The van der Waals surface area contributed by atoms with Crippen LogP contribution in [0.15, 0.2) is 59.9 Å². The van der Waals surface area contributed by atoms with Gasteiger partial charge in [-0.2, -0.15) is 4.98 Å². The van der Waals surface area contributed by atoms with Gasteiger partial charge < -0.3 is 30.5 Å². The molecule has 4 rings (SSSR count). The molecule has 188 valence electrons. The van der Waals surface area contributed by atoms with Crippen molar-refractivity contribution in [3.05, 3.63) is 59.9 Å².